The minimum absolute atomic E-state index is 0.0478. The maximum Gasteiger partial charge on any atom is 0.337 e. The van der Waals surface area contributed by atoms with Crippen molar-refractivity contribution >= 4 is 28.9 Å². The van der Waals surface area contributed by atoms with Gasteiger partial charge in [-0.05, 0) is 53.3 Å². The molecule has 1 atom stereocenters. The summed E-state index contributed by atoms with van der Waals surface area (Å²) in [6.07, 6.45) is 0.995. The zero-order chi connectivity index (χ0) is 20.6. The predicted octanol–water partition coefficient (Wildman–Crippen LogP) is 4.41. The molecule has 2 N–H and O–H groups in total. The number of nitrogens with one attached hydrogen (secondary N) is 2. The van der Waals surface area contributed by atoms with Gasteiger partial charge in [0.25, 0.3) is 0 Å². The first-order valence-electron chi connectivity index (χ1n) is 9.44. The Hall–Kier alpha value is -2.96. The molecule has 0 fully saturated rings. The Morgan fingerprint density at radius 3 is 2.34 bits per heavy atom. The Bertz CT molecular complexity index is 935. The van der Waals surface area contributed by atoms with Crippen LogP contribution in [0.15, 0.2) is 66.0 Å². The van der Waals surface area contributed by atoms with Gasteiger partial charge in [0.15, 0.2) is 0 Å². The van der Waals surface area contributed by atoms with E-state index >= 15 is 0 Å². The molecule has 6 heteroatoms. The smallest absolute Gasteiger partial charge is 0.337 e. The monoisotopic (exact) mass is 408 g/mol. The highest BCUT2D eigenvalue weighted by molar-refractivity contribution is 7.10. The molecule has 0 spiro atoms. The van der Waals surface area contributed by atoms with Crippen molar-refractivity contribution in [2.45, 2.75) is 19.4 Å². The van der Waals surface area contributed by atoms with E-state index in [0.29, 0.717) is 11.3 Å². The first kappa shape index (κ1) is 20.8. The molecule has 0 saturated carbocycles. The number of rotatable bonds is 8. The molecule has 0 aliphatic carbocycles. The van der Waals surface area contributed by atoms with E-state index in [0.717, 1.165) is 16.9 Å². The predicted molar refractivity (Wildman–Crippen MR) is 116 cm³/mol. The minimum Gasteiger partial charge on any atom is -0.465 e. The molecule has 29 heavy (non-hydrogen) atoms. The highest BCUT2D eigenvalue weighted by atomic mass is 32.1. The number of methoxy groups -OCH3 is 1. The summed E-state index contributed by atoms with van der Waals surface area (Å²) < 4.78 is 4.68. The van der Waals surface area contributed by atoms with Crippen LogP contribution in [0.25, 0.3) is 0 Å². The lowest BCUT2D eigenvalue weighted by molar-refractivity contribution is -0.115. The van der Waals surface area contributed by atoms with Crippen LogP contribution in [0, 0.1) is 0 Å². The molecule has 3 aromatic rings. The van der Waals surface area contributed by atoms with E-state index in [1.54, 1.807) is 35.6 Å². The van der Waals surface area contributed by atoms with Gasteiger partial charge >= 0.3 is 5.97 Å². The molecule has 3 rings (SSSR count). The third-order valence-electron chi connectivity index (χ3n) is 4.61. The summed E-state index contributed by atoms with van der Waals surface area (Å²) in [5, 5.41) is 8.24. The van der Waals surface area contributed by atoms with Gasteiger partial charge in [-0.1, -0.05) is 37.3 Å². The van der Waals surface area contributed by atoms with Crippen LogP contribution >= 0.6 is 11.3 Å². The molecule has 0 aliphatic rings. The highest BCUT2D eigenvalue weighted by Crippen LogP contribution is 2.26. The summed E-state index contributed by atoms with van der Waals surface area (Å²) >= 11 is 1.66. The zero-order valence-electron chi connectivity index (χ0n) is 16.5. The maximum absolute atomic E-state index is 12.4. The second-order valence-corrected chi connectivity index (χ2v) is 7.52. The van der Waals surface area contributed by atoms with Gasteiger partial charge in [0, 0.05) is 10.6 Å². The fourth-order valence-electron chi connectivity index (χ4n) is 2.99. The molecular weight excluding hydrogens is 384 g/mol. The number of thiophene rings is 1. The number of carbonyl (C=O) groups is 2. The van der Waals surface area contributed by atoms with Crippen molar-refractivity contribution in [1.82, 2.24) is 5.32 Å². The van der Waals surface area contributed by atoms with Gasteiger partial charge in [0.2, 0.25) is 5.91 Å². The summed E-state index contributed by atoms with van der Waals surface area (Å²) in [5.41, 5.74) is 3.48. The number of carbonyl (C=O) groups excluding carboxylic acids is 2. The molecule has 0 aliphatic heterocycles. The summed E-state index contributed by atoms with van der Waals surface area (Å²) in [6, 6.07) is 19.1. The van der Waals surface area contributed by atoms with Crippen molar-refractivity contribution in [3.05, 3.63) is 87.6 Å². The lowest BCUT2D eigenvalue weighted by Crippen LogP contribution is -2.31. The topological polar surface area (TPSA) is 67.4 Å². The average Bonchev–Trinajstić information content (AvgIpc) is 3.29. The largest absolute Gasteiger partial charge is 0.465 e. The number of esters is 1. The minimum atomic E-state index is -0.405. The number of hydrogen-bond acceptors (Lipinski definition) is 5. The van der Waals surface area contributed by atoms with Crippen LogP contribution in [-0.2, 0) is 16.0 Å². The fourth-order valence-corrected chi connectivity index (χ4v) is 3.82. The number of anilines is 1. The molecule has 2 aromatic carbocycles. The van der Waals surface area contributed by atoms with Crippen molar-refractivity contribution in [3.8, 4) is 0 Å². The SMILES string of the molecule is CCc1ccc([C@H](NCC(=O)Nc2ccc(C(=O)OC)cc2)c2cccs2)cc1. The Kier molecular flexibility index (Phi) is 7.16. The van der Waals surface area contributed by atoms with Crippen LogP contribution in [-0.4, -0.2) is 25.5 Å². The lowest BCUT2D eigenvalue weighted by Gasteiger charge is -2.18. The van der Waals surface area contributed by atoms with E-state index in [4.69, 9.17) is 0 Å². The van der Waals surface area contributed by atoms with Gasteiger partial charge in [-0.25, -0.2) is 4.79 Å². The Balaban J connectivity index is 1.64. The second kappa shape index (κ2) is 10.0. The van der Waals surface area contributed by atoms with Gasteiger partial charge in [-0.15, -0.1) is 11.3 Å². The van der Waals surface area contributed by atoms with Gasteiger partial charge in [-0.2, -0.15) is 0 Å². The maximum atomic E-state index is 12.4. The molecule has 1 heterocycles. The van der Waals surface area contributed by atoms with Crippen LogP contribution in [0.2, 0.25) is 0 Å². The molecule has 150 valence electrons. The van der Waals surface area contributed by atoms with Gasteiger partial charge in [-0.3, -0.25) is 10.1 Å². The quantitative estimate of drug-likeness (QED) is 0.542. The van der Waals surface area contributed by atoms with Gasteiger partial charge in [0.05, 0.1) is 25.3 Å². The van der Waals surface area contributed by atoms with Crippen LogP contribution in [0.3, 0.4) is 0 Å². The molecule has 0 radical (unpaired) electrons. The molecular formula is C23H24N2O3S. The standard InChI is InChI=1S/C23H24N2O3S/c1-3-16-6-8-17(9-7-16)22(20-5-4-14-29-20)24-15-21(26)25-19-12-10-18(11-13-19)23(27)28-2/h4-14,22,24H,3,15H2,1-2H3,(H,25,26)/t22-/m0/s1. The van der Waals surface area contributed by atoms with E-state index < -0.39 is 5.97 Å². The Morgan fingerprint density at radius 1 is 1.03 bits per heavy atom. The van der Waals surface area contributed by atoms with Crippen molar-refractivity contribution in [3.63, 3.8) is 0 Å². The molecule has 1 amide bonds. The third-order valence-corrected chi connectivity index (χ3v) is 5.54. The highest BCUT2D eigenvalue weighted by Gasteiger charge is 2.16. The average molecular weight is 409 g/mol. The van der Waals surface area contributed by atoms with E-state index in [-0.39, 0.29) is 18.5 Å². The summed E-state index contributed by atoms with van der Waals surface area (Å²) in [4.78, 5) is 25.1. The summed E-state index contributed by atoms with van der Waals surface area (Å²) in [5.74, 6) is -0.556. The molecule has 1 aromatic heterocycles. The van der Waals surface area contributed by atoms with Crippen LogP contribution < -0.4 is 10.6 Å². The van der Waals surface area contributed by atoms with Gasteiger partial charge in [0.1, 0.15) is 0 Å². The van der Waals surface area contributed by atoms with Crippen LogP contribution in [0.4, 0.5) is 5.69 Å². The molecule has 0 saturated heterocycles. The normalized spacial score (nSPS) is 11.7. The third kappa shape index (κ3) is 5.53. The van der Waals surface area contributed by atoms with Crippen molar-refractivity contribution in [1.29, 1.82) is 0 Å². The zero-order valence-corrected chi connectivity index (χ0v) is 17.3. The van der Waals surface area contributed by atoms with E-state index in [2.05, 4.69) is 52.6 Å². The van der Waals surface area contributed by atoms with Gasteiger partial charge < -0.3 is 10.1 Å². The first-order chi connectivity index (χ1) is 14.1. The number of hydrogen-bond donors (Lipinski definition) is 2. The van der Waals surface area contributed by atoms with Crippen molar-refractivity contribution < 1.29 is 14.3 Å². The number of ether oxygens (including phenoxy) is 1. The molecule has 0 bridgehead atoms. The fraction of sp³-hybridized carbons (Fsp3) is 0.217. The lowest BCUT2D eigenvalue weighted by atomic mass is 10.0. The Morgan fingerprint density at radius 2 is 1.76 bits per heavy atom. The molecule has 0 unspecified atom stereocenters. The number of benzene rings is 2. The van der Waals surface area contributed by atoms with Crippen molar-refractivity contribution in [2.24, 2.45) is 0 Å². The summed E-state index contributed by atoms with van der Waals surface area (Å²) in [6.45, 7) is 2.29. The first-order valence-corrected chi connectivity index (χ1v) is 10.3. The van der Waals surface area contributed by atoms with Crippen LogP contribution in [0.1, 0.15) is 39.3 Å². The van der Waals surface area contributed by atoms with Crippen LogP contribution in [0.5, 0.6) is 0 Å². The number of aryl methyl sites for hydroxylation is 1. The summed E-state index contributed by atoms with van der Waals surface area (Å²) in [7, 11) is 1.34. The second-order valence-electron chi connectivity index (χ2n) is 6.54. The van der Waals surface area contributed by atoms with E-state index in [9.17, 15) is 9.59 Å². The molecule has 5 nitrogen and oxygen atoms in total. The van der Waals surface area contributed by atoms with E-state index in [1.807, 2.05) is 11.4 Å². The number of amides is 1. The van der Waals surface area contributed by atoms with E-state index in [1.165, 1.54) is 12.7 Å². The Labute approximate surface area is 174 Å². The van der Waals surface area contributed by atoms with Crippen molar-refractivity contribution in [2.75, 3.05) is 19.0 Å².